The smallest absolute Gasteiger partial charge is 0.412 e. The Balaban J connectivity index is 1.99. The molecule has 1 aromatic carbocycles. The van der Waals surface area contributed by atoms with E-state index in [1.165, 1.54) is 17.0 Å². The van der Waals surface area contributed by atoms with Gasteiger partial charge in [-0.25, -0.2) is 9.18 Å². The van der Waals surface area contributed by atoms with E-state index >= 15 is 0 Å². The van der Waals surface area contributed by atoms with Crippen LogP contribution < -0.4 is 5.32 Å². The van der Waals surface area contributed by atoms with Crippen molar-refractivity contribution in [2.24, 2.45) is 0 Å². The van der Waals surface area contributed by atoms with Crippen LogP contribution in [-0.2, 0) is 19.9 Å². The highest BCUT2D eigenvalue weighted by Crippen LogP contribution is 2.45. The molecule has 2 aliphatic rings. The second-order valence-corrected chi connectivity index (χ2v) is 6.63. The van der Waals surface area contributed by atoms with E-state index in [9.17, 15) is 19.2 Å². The van der Waals surface area contributed by atoms with E-state index in [2.05, 4.69) is 5.32 Å². The molecule has 0 aliphatic carbocycles. The molecule has 0 unspecified atom stereocenters. The molecule has 0 radical (unpaired) electrons. The average molecular weight is 394 g/mol. The number of hydrogen-bond acceptors (Lipinski definition) is 5. The van der Waals surface area contributed by atoms with Gasteiger partial charge in [-0.05, 0) is 31.9 Å². The number of nitrogens with one attached hydrogen (secondary N) is 1. The second kappa shape index (κ2) is 7.45. The largest absolute Gasteiger partial charge is 0.500 e. The molecule has 27 heavy (non-hydrogen) atoms. The Hall–Kier alpha value is -2.79. The number of nitriles is 1. The molecule has 1 spiro atoms. The Bertz CT molecular complexity index is 867. The van der Waals surface area contributed by atoms with Crippen molar-refractivity contribution in [1.29, 1.82) is 5.26 Å². The molecule has 2 amide bonds. The van der Waals surface area contributed by atoms with Gasteiger partial charge in [-0.3, -0.25) is 10.1 Å². The number of rotatable bonds is 3. The quantitative estimate of drug-likeness (QED) is 0.483. The van der Waals surface area contributed by atoms with Crippen LogP contribution in [0.25, 0.3) is 0 Å². The average Bonchev–Trinajstić information content (AvgIpc) is 2.65. The highest BCUT2D eigenvalue weighted by atomic mass is 35.5. The number of ether oxygens (including phenoxy) is 2. The first-order valence-corrected chi connectivity index (χ1v) is 8.79. The molecule has 2 heterocycles. The van der Waals surface area contributed by atoms with Crippen molar-refractivity contribution in [3.05, 3.63) is 40.4 Å². The Labute approximate surface area is 160 Å². The van der Waals surface area contributed by atoms with E-state index in [1.807, 2.05) is 0 Å². The third kappa shape index (κ3) is 3.43. The van der Waals surface area contributed by atoms with Gasteiger partial charge in [0.2, 0.25) is 0 Å². The number of fused-ring (bicyclic) bond motifs is 2. The summed E-state index contributed by atoms with van der Waals surface area (Å²) in [7, 11) is 0. The third-order valence-electron chi connectivity index (χ3n) is 4.54. The molecular weight excluding hydrogens is 377 g/mol. The van der Waals surface area contributed by atoms with E-state index in [-0.39, 0.29) is 28.4 Å². The van der Waals surface area contributed by atoms with E-state index < -0.39 is 23.4 Å². The lowest BCUT2D eigenvalue weighted by Gasteiger charge is -2.45. The zero-order valence-electron chi connectivity index (χ0n) is 14.6. The molecule has 2 aliphatic heterocycles. The molecule has 0 aromatic heterocycles. The van der Waals surface area contributed by atoms with Gasteiger partial charge in [-0.1, -0.05) is 11.6 Å². The molecule has 1 N–H and O–H groups in total. The fourth-order valence-corrected chi connectivity index (χ4v) is 3.57. The summed E-state index contributed by atoms with van der Waals surface area (Å²) in [6.45, 7) is 2.29. The van der Waals surface area contributed by atoms with Gasteiger partial charge in [-0.15, -0.1) is 0 Å². The van der Waals surface area contributed by atoms with Crippen molar-refractivity contribution in [3.8, 4) is 6.07 Å². The van der Waals surface area contributed by atoms with E-state index in [0.29, 0.717) is 26.0 Å². The molecule has 7 nitrogen and oxygen atoms in total. The Morgan fingerprint density at radius 2 is 2.37 bits per heavy atom. The summed E-state index contributed by atoms with van der Waals surface area (Å²) in [5.41, 5.74) is -1.18. The van der Waals surface area contributed by atoms with Gasteiger partial charge < -0.3 is 14.4 Å². The fraction of sp³-hybridized carbons (Fsp3) is 0.389. The van der Waals surface area contributed by atoms with Crippen LogP contribution in [0.2, 0.25) is 5.02 Å². The highest BCUT2D eigenvalue weighted by Gasteiger charge is 2.48. The summed E-state index contributed by atoms with van der Waals surface area (Å²) in [5, 5.41) is 11.6. The van der Waals surface area contributed by atoms with Gasteiger partial charge in [0.05, 0.1) is 29.4 Å². The lowest BCUT2D eigenvalue weighted by atomic mass is 9.83. The van der Waals surface area contributed by atoms with Crippen LogP contribution in [0.5, 0.6) is 0 Å². The number of piperidine rings is 1. The lowest BCUT2D eigenvalue weighted by Crippen LogP contribution is -2.53. The lowest BCUT2D eigenvalue weighted by molar-refractivity contribution is -0.134. The predicted octanol–water partition coefficient (Wildman–Crippen LogP) is 3.30. The molecule has 0 bridgehead atoms. The fourth-order valence-electron chi connectivity index (χ4n) is 3.41. The summed E-state index contributed by atoms with van der Waals surface area (Å²) in [4.78, 5) is 26.1. The molecule has 142 valence electrons. The van der Waals surface area contributed by atoms with Gasteiger partial charge in [-0.2, -0.15) is 5.26 Å². The standard InChI is InChI=1S/C18H17ClFN3O4/c1-2-26-9-11(8-21)16(24)23-7-3-6-18(10-23)14-13(22-17(25)27-18)5-4-12(19)15(14)20/h4-5,9H,2-3,6-7,10H2,1H3,(H,22,25)/b11-9+/t18-/m0/s1. The van der Waals surface area contributed by atoms with Gasteiger partial charge >= 0.3 is 6.09 Å². The van der Waals surface area contributed by atoms with Crippen LogP contribution in [-0.4, -0.2) is 36.6 Å². The molecule has 1 aromatic rings. The Morgan fingerprint density at radius 1 is 1.59 bits per heavy atom. The van der Waals surface area contributed by atoms with Gasteiger partial charge in [0.15, 0.2) is 17.0 Å². The number of hydrogen-bond donors (Lipinski definition) is 1. The summed E-state index contributed by atoms with van der Waals surface area (Å²) >= 11 is 5.92. The maximum atomic E-state index is 14.8. The number of anilines is 1. The first-order chi connectivity index (χ1) is 12.9. The van der Waals surface area contributed by atoms with Crippen molar-refractivity contribution in [3.63, 3.8) is 0 Å². The predicted molar refractivity (Wildman–Crippen MR) is 94.3 cm³/mol. The van der Waals surface area contributed by atoms with Crippen molar-refractivity contribution in [2.45, 2.75) is 25.4 Å². The summed E-state index contributed by atoms with van der Waals surface area (Å²) in [5.74, 6) is -1.27. The number of likely N-dealkylation sites (tertiary alicyclic amines) is 1. The topological polar surface area (TPSA) is 91.7 Å². The molecule has 1 fully saturated rings. The Kier molecular flexibility index (Phi) is 5.24. The van der Waals surface area contributed by atoms with Crippen LogP contribution in [0, 0.1) is 17.1 Å². The monoisotopic (exact) mass is 393 g/mol. The van der Waals surface area contributed by atoms with E-state index in [0.717, 1.165) is 6.26 Å². The van der Waals surface area contributed by atoms with E-state index in [1.54, 1.807) is 13.0 Å². The minimum Gasteiger partial charge on any atom is -0.500 e. The first-order valence-electron chi connectivity index (χ1n) is 8.41. The van der Waals surface area contributed by atoms with Crippen molar-refractivity contribution in [1.82, 2.24) is 4.90 Å². The first kappa shape index (κ1) is 19.0. The molecule has 3 rings (SSSR count). The number of nitrogens with zero attached hydrogens (tertiary/aromatic N) is 2. The van der Waals surface area contributed by atoms with Crippen LogP contribution in [0.15, 0.2) is 24.0 Å². The number of amides is 2. The molecule has 1 saturated heterocycles. The zero-order valence-corrected chi connectivity index (χ0v) is 15.3. The number of carbonyl (C=O) groups is 2. The number of carbonyl (C=O) groups excluding carboxylic acids is 2. The second-order valence-electron chi connectivity index (χ2n) is 6.22. The highest BCUT2D eigenvalue weighted by molar-refractivity contribution is 6.31. The molecule has 1 atom stereocenters. The van der Waals surface area contributed by atoms with Crippen LogP contribution in [0.4, 0.5) is 14.9 Å². The van der Waals surface area contributed by atoms with Crippen molar-refractivity contribution in [2.75, 3.05) is 25.0 Å². The maximum Gasteiger partial charge on any atom is 0.412 e. The molecule has 0 saturated carbocycles. The van der Waals surface area contributed by atoms with Crippen LogP contribution in [0.1, 0.15) is 25.3 Å². The van der Waals surface area contributed by atoms with E-state index in [4.69, 9.17) is 21.1 Å². The minimum absolute atomic E-state index is 0.0886. The van der Waals surface area contributed by atoms with Gasteiger partial charge in [0.1, 0.15) is 12.3 Å². The summed E-state index contributed by atoms with van der Waals surface area (Å²) < 4.78 is 25.3. The number of halogens is 2. The maximum absolute atomic E-state index is 14.8. The van der Waals surface area contributed by atoms with Gasteiger partial charge in [0, 0.05) is 6.54 Å². The zero-order chi connectivity index (χ0) is 19.6. The van der Waals surface area contributed by atoms with Crippen molar-refractivity contribution >= 4 is 29.3 Å². The normalized spacial score (nSPS) is 21.8. The number of benzene rings is 1. The summed E-state index contributed by atoms with van der Waals surface area (Å²) in [6, 6.07) is 4.65. The molecular formula is C18H17ClFN3O4. The van der Waals surface area contributed by atoms with Crippen molar-refractivity contribution < 1.29 is 23.5 Å². The van der Waals surface area contributed by atoms with Crippen LogP contribution in [0.3, 0.4) is 0 Å². The Morgan fingerprint density at radius 3 is 3.07 bits per heavy atom. The SMILES string of the molecule is CCO/C=C(\C#N)C(=O)N1CCC[C@@]2(C1)OC(=O)Nc1ccc(Cl)c(F)c12. The summed E-state index contributed by atoms with van der Waals surface area (Å²) in [6.07, 6.45) is 1.15. The third-order valence-corrected chi connectivity index (χ3v) is 4.83. The van der Waals surface area contributed by atoms with Gasteiger partial charge in [0.25, 0.3) is 5.91 Å². The van der Waals surface area contributed by atoms with Crippen LogP contribution >= 0.6 is 11.6 Å². The minimum atomic E-state index is -1.37. The molecule has 9 heteroatoms.